The van der Waals surface area contributed by atoms with E-state index < -0.39 is 6.16 Å². The maximum absolute atomic E-state index is 10.8. The quantitative estimate of drug-likeness (QED) is 0.845. The largest absolute Gasteiger partial charge is 0.508 e. The van der Waals surface area contributed by atoms with Gasteiger partial charge in [-0.05, 0) is 43.8 Å². The van der Waals surface area contributed by atoms with Crippen molar-refractivity contribution < 1.29 is 19.4 Å². The molecule has 10 heteroatoms. The van der Waals surface area contributed by atoms with Gasteiger partial charge in [0.1, 0.15) is 6.61 Å². The van der Waals surface area contributed by atoms with Gasteiger partial charge in [0.15, 0.2) is 0 Å². The molecule has 0 bridgehead atoms. The fourth-order valence-corrected chi connectivity index (χ4v) is 2.10. The summed E-state index contributed by atoms with van der Waals surface area (Å²) in [6.45, 7) is 5.92. The van der Waals surface area contributed by atoms with E-state index in [0.29, 0.717) is 6.61 Å². The summed E-state index contributed by atoms with van der Waals surface area (Å²) in [6.07, 6.45) is -0.657. The maximum Gasteiger partial charge on any atom is 0.508 e. The smallest absolute Gasteiger partial charge is 0.435 e. The Bertz CT molecular complexity index is 558. The van der Waals surface area contributed by atoms with Crippen molar-refractivity contribution in [2.75, 3.05) is 6.61 Å². The van der Waals surface area contributed by atoms with Crippen molar-refractivity contribution in [2.45, 2.75) is 34.0 Å². The standard InChI is InChI=1S/C7H10N2O3S.C4H6N2OS/c1-3-11-7(10)12-4-6-5(2)8-9-13-6;1-3-4(2-7)8-6-5-3/h3-4H2,1-2H3;7H,2H2,1H3. The number of nitrogens with zero attached hydrogens (tertiary/aromatic N) is 4. The third-order valence-corrected chi connectivity index (χ3v) is 3.82. The van der Waals surface area contributed by atoms with Crippen LogP contribution >= 0.6 is 23.1 Å². The fourth-order valence-electron chi connectivity index (χ4n) is 1.06. The topological polar surface area (TPSA) is 107 Å². The summed E-state index contributed by atoms with van der Waals surface area (Å²) in [5.74, 6) is 0. The van der Waals surface area contributed by atoms with Crippen molar-refractivity contribution in [3.05, 3.63) is 21.1 Å². The molecule has 116 valence electrons. The minimum atomic E-state index is -0.657. The lowest BCUT2D eigenvalue weighted by atomic mass is 10.4. The number of hydrogen-bond acceptors (Lipinski definition) is 10. The lowest BCUT2D eigenvalue weighted by Gasteiger charge is -2.01. The van der Waals surface area contributed by atoms with Crippen LogP contribution in [0.15, 0.2) is 0 Å². The Morgan fingerprint density at radius 1 is 1.10 bits per heavy atom. The van der Waals surface area contributed by atoms with Crippen LogP contribution in [-0.2, 0) is 22.7 Å². The second-order valence-electron chi connectivity index (χ2n) is 3.69. The number of aromatic nitrogens is 4. The number of rotatable bonds is 4. The van der Waals surface area contributed by atoms with E-state index in [4.69, 9.17) is 9.84 Å². The summed E-state index contributed by atoms with van der Waals surface area (Å²) < 4.78 is 16.7. The third kappa shape index (κ3) is 6.10. The molecule has 0 spiro atoms. The first-order valence-corrected chi connectivity index (χ1v) is 7.59. The SMILES string of the molecule is CCOC(=O)OCc1snnc1C.Cc1nnsc1CO. The molecule has 0 aliphatic carbocycles. The van der Waals surface area contributed by atoms with Crippen molar-refractivity contribution in [3.8, 4) is 0 Å². The molecule has 0 saturated carbocycles. The van der Waals surface area contributed by atoms with Gasteiger partial charge in [-0.2, -0.15) is 0 Å². The number of carbonyl (C=O) groups excluding carboxylic acids is 1. The zero-order chi connectivity index (χ0) is 15.7. The molecule has 2 aromatic rings. The first-order chi connectivity index (χ1) is 10.1. The molecule has 0 radical (unpaired) electrons. The number of ether oxygens (including phenoxy) is 2. The minimum Gasteiger partial charge on any atom is -0.435 e. The molecular weight excluding hydrogens is 316 g/mol. The van der Waals surface area contributed by atoms with Gasteiger partial charge >= 0.3 is 6.16 Å². The van der Waals surface area contributed by atoms with Crippen LogP contribution in [0, 0.1) is 13.8 Å². The molecule has 0 saturated heterocycles. The monoisotopic (exact) mass is 332 g/mol. The zero-order valence-electron chi connectivity index (χ0n) is 11.9. The van der Waals surface area contributed by atoms with E-state index in [2.05, 4.69) is 23.9 Å². The molecule has 2 heterocycles. The summed E-state index contributed by atoms with van der Waals surface area (Å²) >= 11 is 2.45. The van der Waals surface area contributed by atoms with Crippen LogP contribution in [0.5, 0.6) is 0 Å². The predicted octanol–water partition coefficient (Wildman–Crippen LogP) is 1.86. The van der Waals surface area contributed by atoms with Gasteiger partial charge in [0.25, 0.3) is 0 Å². The van der Waals surface area contributed by atoms with Crippen molar-refractivity contribution in [1.82, 2.24) is 19.2 Å². The van der Waals surface area contributed by atoms with Crippen molar-refractivity contribution in [3.63, 3.8) is 0 Å². The number of aryl methyl sites for hydroxylation is 2. The van der Waals surface area contributed by atoms with Crippen LogP contribution in [0.25, 0.3) is 0 Å². The average molecular weight is 332 g/mol. The minimum absolute atomic E-state index is 0.0590. The van der Waals surface area contributed by atoms with E-state index in [9.17, 15) is 4.79 Å². The van der Waals surface area contributed by atoms with Crippen LogP contribution in [0.3, 0.4) is 0 Å². The molecule has 0 amide bonds. The van der Waals surface area contributed by atoms with E-state index >= 15 is 0 Å². The summed E-state index contributed by atoms with van der Waals surface area (Å²) in [4.78, 5) is 12.5. The van der Waals surface area contributed by atoms with Gasteiger partial charge in [0.05, 0.1) is 34.4 Å². The number of aliphatic hydroxyl groups excluding tert-OH is 1. The second kappa shape index (κ2) is 9.32. The third-order valence-electron chi connectivity index (χ3n) is 2.22. The molecule has 0 atom stereocenters. The molecule has 2 rings (SSSR count). The van der Waals surface area contributed by atoms with Gasteiger partial charge in [-0.1, -0.05) is 8.98 Å². The van der Waals surface area contributed by atoms with Gasteiger partial charge in [-0.15, -0.1) is 10.2 Å². The first kappa shape index (κ1) is 17.4. The predicted molar refractivity (Wildman–Crippen MR) is 77.0 cm³/mol. The molecule has 0 aromatic carbocycles. The molecule has 8 nitrogen and oxygen atoms in total. The molecule has 0 unspecified atom stereocenters. The van der Waals surface area contributed by atoms with Crippen LogP contribution in [0.4, 0.5) is 4.79 Å². The number of carbonyl (C=O) groups is 1. The lowest BCUT2D eigenvalue weighted by Crippen LogP contribution is -2.06. The molecule has 2 aromatic heterocycles. The molecular formula is C11H16N4O4S2. The van der Waals surface area contributed by atoms with E-state index in [0.717, 1.165) is 21.1 Å². The molecule has 21 heavy (non-hydrogen) atoms. The molecule has 0 fully saturated rings. The lowest BCUT2D eigenvalue weighted by molar-refractivity contribution is 0.0542. The Morgan fingerprint density at radius 2 is 1.67 bits per heavy atom. The molecule has 1 N–H and O–H groups in total. The van der Waals surface area contributed by atoms with E-state index in [1.54, 1.807) is 6.92 Å². The summed E-state index contributed by atoms with van der Waals surface area (Å²) in [6, 6.07) is 0. The summed E-state index contributed by atoms with van der Waals surface area (Å²) in [7, 11) is 0. The van der Waals surface area contributed by atoms with Crippen molar-refractivity contribution in [2.24, 2.45) is 0 Å². The number of hydrogen-bond donors (Lipinski definition) is 1. The first-order valence-electron chi connectivity index (χ1n) is 6.04. The summed E-state index contributed by atoms with van der Waals surface area (Å²) in [5, 5.41) is 16.0. The summed E-state index contributed by atoms with van der Waals surface area (Å²) in [5.41, 5.74) is 1.62. The second-order valence-corrected chi connectivity index (χ2v) is 5.37. The Balaban J connectivity index is 0.000000235. The normalized spacial score (nSPS) is 9.71. The van der Waals surface area contributed by atoms with Gasteiger partial charge in [0, 0.05) is 0 Å². The Kier molecular flexibility index (Phi) is 7.72. The highest BCUT2D eigenvalue weighted by molar-refractivity contribution is 7.05. The maximum atomic E-state index is 10.8. The number of aliphatic hydroxyl groups is 1. The van der Waals surface area contributed by atoms with Gasteiger partial charge in [-0.25, -0.2) is 4.79 Å². The Morgan fingerprint density at radius 3 is 2.05 bits per heavy atom. The Hall–Kier alpha value is -1.65. The van der Waals surface area contributed by atoms with Gasteiger partial charge in [-0.3, -0.25) is 0 Å². The van der Waals surface area contributed by atoms with E-state index in [1.807, 2.05) is 13.8 Å². The fraction of sp³-hybridized carbons (Fsp3) is 0.545. The van der Waals surface area contributed by atoms with Crippen LogP contribution in [0.2, 0.25) is 0 Å². The van der Waals surface area contributed by atoms with Crippen molar-refractivity contribution >= 4 is 29.2 Å². The van der Waals surface area contributed by atoms with Crippen molar-refractivity contribution in [1.29, 1.82) is 0 Å². The Labute approximate surface area is 130 Å². The zero-order valence-corrected chi connectivity index (χ0v) is 13.5. The highest BCUT2D eigenvalue weighted by Crippen LogP contribution is 2.10. The van der Waals surface area contributed by atoms with Gasteiger partial charge < -0.3 is 14.6 Å². The highest BCUT2D eigenvalue weighted by atomic mass is 32.1. The highest BCUT2D eigenvalue weighted by Gasteiger charge is 2.07. The molecule has 0 aliphatic rings. The average Bonchev–Trinajstić information content (AvgIpc) is 3.06. The van der Waals surface area contributed by atoms with Gasteiger partial charge in [0.2, 0.25) is 0 Å². The molecule has 0 aliphatic heterocycles. The van der Waals surface area contributed by atoms with Crippen LogP contribution < -0.4 is 0 Å². The van der Waals surface area contributed by atoms with E-state index in [1.165, 1.54) is 23.1 Å². The van der Waals surface area contributed by atoms with Crippen LogP contribution in [-0.4, -0.2) is 37.0 Å². The van der Waals surface area contributed by atoms with Crippen LogP contribution in [0.1, 0.15) is 28.1 Å². The van der Waals surface area contributed by atoms with E-state index in [-0.39, 0.29) is 13.2 Å².